The van der Waals surface area contributed by atoms with Crippen molar-refractivity contribution >= 4 is 16.6 Å². The van der Waals surface area contributed by atoms with Crippen LogP contribution in [0.25, 0.3) is 10.9 Å². The first-order valence-electron chi connectivity index (χ1n) is 9.48. The number of hydrogen-bond acceptors (Lipinski definition) is 5. The summed E-state index contributed by atoms with van der Waals surface area (Å²) in [6.45, 7) is 1.96. The zero-order chi connectivity index (χ0) is 20.2. The highest BCUT2D eigenvalue weighted by Gasteiger charge is 2.37. The van der Waals surface area contributed by atoms with Crippen molar-refractivity contribution in [1.29, 1.82) is 0 Å². The molecule has 0 bridgehead atoms. The van der Waals surface area contributed by atoms with Crippen molar-refractivity contribution in [3.63, 3.8) is 0 Å². The van der Waals surface area contributed by atoms with Gasteiger partial charge in [0, 0.05) is 30.6 Å². The molecule has 2 unspecified atom stereocenters. The monoisotopic (exact) mass is 394 g/mol. The summed E-state index contributed by atoms with van der Waals surface area (Å²) in [5.41, 5.74) is 5.23. The number of benzene rings is 1. The standard InChI is InChI=1S/C19H24F2N4O3/c1-9-13-15(25(12-3-4-12)19(27)23-18(13)26)17(28-2)16(14(9)21)24-7-10(5-20)11(6-22)8-24/h10-12H,3-8,22H2,1-2H3,(H,23,26,27). The van der Waals surface area contributed by atoms with E-state index >= 15 is 4.39 Å². The number of nitrogens with two attached hydrogens (primary N) is 1. The number of ether oxygens (including phenoxy) is 1. The molecule has 1 aromatic heterocycles. The molecule has 1 aromatic carbocycles. The molecule has 9 heteroatoms. The Kier molecular flexibility index (Phi) is 4.65. The number of aromatic nitrogens is 2. The SMILES string of the molecule is COc1c(N2CC(CN)C(CF)C2)c(F)c(C)c2c(=O)[nH]c(=O)n(C3CC3)c12. The lowest BCUT2D eigenvalue weighted by molar-refractivity contribution is 0.319. The molecule has 1 aliphatic heterocycles. The van der Waals surface area contributed by atoms with Crippen molar-refractivity contribution < 1.29 is 13.5 Å². The predicted octanol–water partition coefficient (Wildman–Crippen LogP) is 1.46. The first-order valence-corrected chi connectivity index (χ1v) is 9.48. The number of rotatable bonds is 5. The number of H-pyrrole nitrogens is 1. The largest absolute Gasteiger partial charge is 0.492 e. The third-order valence-electron chi connectivity index (χ3n) is 6.00. The molecule has 28 heavy (non-hydrogen) atoms. The first kappa shape index (κ1) is 18.9. The van der Waals surface area contributed by atoms with Crippen LogP contribution < -0.4 is 26.6 Å². The van der Waals surface area contributed by atoms with E-state index in [2.05, 4.69) is 4.98 Å². The molecule has 152 valence electrons. The number of halogens is 2. The highest BCUT2D eigenvalue weighted by Crippen LogP contribution is 2.45. The maximum atomic E-state index is 15.4. The van der Waals surface area contributed by atoms with Gasteiger partial charge in [0.15, 0.2) is 11.6 Å². The van der Waals surface area contributed by atoms with Crippen LogP contribution in [0, 0.1) is 24.6 Å². The van der Waals surface area contributed by atoms with Crippen LogP contribution in [-0.4, -0.2) is 43.0 Å². The van der Waals surface area contributed by atoms with Crippen molar-refractivity contribution in [3.05, 3.63) is 32.2 Å². The minimum Gasteiger partial charge on any atom is -0.492 e. The minimum absolute atomic E-state index is 0.0487. The highest BCUT2D eigenvalue weighted by molar-refractivity contribution is 5.93. The Morgan fingerprint density at radius 3 is 2.46 bits per heavy atom. The molecular formula is C19H24F2N4O3. The average molecular weight is 394 g/mol. The Morgan fingerprint density at radius 1 is 1.25 bits per heavy atom. The second-order valence-electron chi connectivity index (χ2n) is 7.72. The average Bonchev–Trinajstić information content (AvgIpc) is 3.41. The molecule has 2 aliphatic rings. The summed E-state index contributed by atoms with van der Waals surface area (Å²) in [7, 11) is 1.39. The number of nitrogens with one attached hydrogen (secondary N) is 1. The third-order valence-corrected chi connectivity index (χ3v) is 6.00. The lowest BCUT2D eigenvalue weighted by Gasteiger charge is -2.25. The summed E-state index contributed by atoms with van der Waals surface area (Å²) >= 11 is 0. The number of aryl methyl sites for hydroxylation is 1. The molecule has 2 aromatic rings. The topological polar surface area (TPSA) is 93.3 Å². The molecule has 0 radical (unpaired) electrons. The van der Waals surface area contributed by atoms with Gasteiger partial charge in [0.05, 0.1) is 19.2 Å². The van der Waals surface area contributed by atoms with Crippen LogP contribution in [0.5, 0.6) is 5.75 Å². The van der Waals surface area contributed by atoms with Crippen LogP contribution in [0.2, 0.25) is 0 Å². The number of hydrogen-bond donors (Lipinski definition) is 2. The number of aromatic amines is 1. The van der Waals surface area contributed by atoms with Gasteiger partial charge in [0.1, 0.15) is 11.2 Å². The molecule has 0 spiro atoms. The second kappa shape index (κ2) is 6.88. The van der Waals surface area contributed by atoms with Gasteiger partial charge in [-0.3, -0.25) is 18.7 Å². The van der Waals surface area contributed by atoms with Gasteiger partial charge in [-0.25, -0.2) is 9.18 Å². The van der Waals surface area contributed by atoms with Gasteiger partial charge < -0.3 is 15.4 Å². The maximum Gasteiger partial charge on any atom is 0.329 e. The van der Waals surface area contributed by atoms with Crippen molar-refractivity contribution in [2.24, 2.45) is 17.6 Å². The van der Waals surface area contributed by atoms with Crippen LogP contribution in [0.1, 0.15) is 24.4 Å². The van der Waals surface area contributed by atoms with Crippen molar-refractivity contribution in [1.82, 2.24) is 9.55 Å². The molecule has 0 amide bonds. The summed E-state index contributed by atoms with van der Waals surface area (Å²) in [5.74, 6) is -0.848. The molecular weight excluding hydrogens is 370 g/mol. The van der Waals surface area contributed by atoms with E-state index in [9.17, 15) is 14.0 Å². The van der Waals surface area contributed by atoms with E-state index in [0.29, 0.717) is 25.2 Å². The van der Waals surface area contributed by atoms with Crippen molar-refractivity contribution in [2.75, 3.05) is 38.3 Å². The Labute approximate surface area is 160 Å². The second-order valence-corrected chi connectivity index (χ2v) is 7.72. The Balaban J connectivity index is 2.03. The van der Waals surface area contributed by atoms with Gasteiger partial charge in [-0.15, -0.1) is 0 Å². The van der Waals surface area contributed by atoms with Gasteiger partial charge in [0.2, 0.25) is 0 Å². The fraction of sp³-hybridized carbons (Fsp3) is 0.579. The van der Waals surface area contributed by atoms with Crippen LogP contribution in [0.3, 0.4) is 0 Å². The summed E-state index contributed by atoms with van der Waals surface area (Å²) < 4.78 is 35.9. The third kappa shape index (κ3) is 2.71. The number of anilines is 1. The van der Waals surface area contributed by atoms with Crippen molar-refractivity contribution in [3.8, 4) is 5.75 Å². The van der Waals surface area contributed by atoms with E-state index in [4.69, 9.17) is 10.5 Å². The lowest BCUT2D eigenvalue weighted by Crippen LogP contribution is -2.32. The molecule has 2 atom stereocenters. The molecule has 7 nitrogen and oxygen atoms in total. The quantitative estimate of drug-likeness (QED) is 0.801. The maximum absolute atomic E-state index is 15.4. The predicted molar refractivity (Wildman–Crippen MR) is 103 cm³/mol. The first-order chi connectivity index (χ1) is 13.4. The van der Waals surface area contributed by atoms with Gasteiger partial charge >= 0.3 is 5.69 Å². The Hall–Kier alpha value is -2.42. The Morgan fingerprint density at radius 2 is 1.93 bits per heavy atom. The summed E-state index contributed by atoms with van der Waals surface area (Å²) in [6, 6.07) is -0.0487. The van der Waals surface area contributed by atoms with Crippen LogP contribution in [0.4, 0.5) is 14.5 Å². The molecule has 1 saturated heterocycles. The minimum atomic E-state index is -0.638. The molecule has 1 saturated carbocycles. The van der Waals surface area contributed by atoms with E-state index in [0.717, 1.165) is 12.8 Å². The molecule has 3 N–H and O–H groups in total. The lowest BCUT2D eigenvalue weighted by atomic mass is 9.98. The van der Waals surface area contributed by atoms with Gasteiger partial charge in [-0.2, -0.15) is 0 Å². The van der Waals surface area contributed by atoms with E-state index in [1.54, 1.807) is 4.90 Å². The summed E-state index contributed by atoms with van der Waals surface area (Å²) in [5, 5.41) is 0.112. The van der Waals surface area contributed by atoms with Gasteiger partial charge in [-0.05, 0) is 32.2 Å². The number of alkyl halides is 1. The van der Waals surface area contributed by atoms with E-state index in [1.807, 2.05) is 0 Å². The number of methoxy groups -OCH3 is 1. The zero-order valence-corrected chi connectivity index (χ0v) is 15.9. The summed E-state index contributed by atoms with van der Waals surface area (Å²) in [4.78, 5) is 29.0. The van der Waals surface area contributed by atoms with Gasteiger partial charge in [-0.1, -0.05) is 0 Å². The van der Waals surface area contributed by atoms with E-state index < -0.39 is 23.7 Å². The fourth-order valence-electron chi connectivity index (χ4n) is 4.34. The Bertz CT molecular complexity index is 1030. The van der Waals surface area contributed by atoms with Crippen LogP contribution in [0.15, 0.2) is 9.59 Å². The van der Waals surface area contributed by atoms with Gasteiger partial charge in [0.25, 0.3) is 5.56 Å². The van der Waals surface area contributed by atoms with Crippen molar-refractivity contribution in [2.45, 2.75) is 25.8 Å². The summed E-state index contributed by atoms with van der Waals surface area (Å²) in [6.07, 6.45) is 1.61. The normalized spacial score (nSPS) is 22.2. The smallest absolute Gasteiger partial charge is 0.329 e. The number of nitrogens with zero attached hydrogens (tertiary/aromatic N) is 2. The van der Waals surface area contributed by atoms with E-state index in [1.165, 1.54) is 18.6 Å². The molecule has 1 aliphatic carbocycles. The molecule has 2 fully saturated rings. The number of fused-ring (bicyclic) bond motifs is 1. The highest BCUT2D eigenvalue weighted by atomic mass is 19.1. The fourth-order valence-corrected chi connectivity index (χ4v) is 4.34. The van der Waals surface area contributed by atoms with Crippen LogP contribution >= 0.6 is 0 Å². The zero-order valence-electron chi connectivity index (χ0n) is 15.9. The van der Waals surface area contributed by atoms with Crippen LogP contribution in [-0.2, 0) is 0 Å². The van der Waals surface area contributed by atoms with E-state index in [-0.39, 0.29) is 40.3 Å². The molecule has 2 heterocycles. The molecule has 4 rings (SSSR count).